The summed E-state index contributed by atoms with van der Waals surface area (Å²) in [6, 6.07) is 2.30. The summed E-state index contributed by atoms with van der Waals surface area (Å²) in [4.78, 5) is 12.9. The number of alkyl halides is 3. The predicted molar refractivity (Wildman–Crippen MR) is 117 cm³/mol. The number of carbonyl (C=O) groups excluding carboxylic acids is 1. The average molecular weight is 478 g/mol. The summed E-state index contributed by atoms with van der Waals surface area (Å²) in [6.07, 6.45) is -2.07. The Bertz CT molecular complexity index is 1200. The van der Waals surface area contributed by atoms with E-state index in [1.165, 1.54) is 14.2 Å². The minimum atomic E-state index is -4.56. The minimum Gasteiger partial charge on any atom is -0.493 e. The van der Waals surface area contributed by atoms with Crippen LogP contribution in [0.5, 0.6) is 11.5 Å². The fourth-order valence-corrected chi connectivity index (χ4v) is 4.01. The van der Waals surface area contributed by atoms with Gasteiger partial charge in [-0.05, 0) is 24.6 Å². The zero-order chi connectivity index (χ0) is 24.6. The standard InChI is InChI=1S/C22H25F3N6O3/c1-12-14(10-27-30(12)2)9-26-21(32)15-11-28-31-19(22(23,24)25)8-16(29-20(15)31)13-5-6-17(33-3)18(7-13)34-4/h5-7,10-11,16,19,29H,8-9H2,1-4H3,(H,26,32)/t16-,19-/m1/s1. The molecule has 1 aliphatic heterocycles. The van der Waals surface area contributed by atoms with Crippen molar-refractivity contribution >= 4 is 11.7 Å². The molecule has 2 N–H and O–H groups in total. The minimum absolute atomic E-state index is 0.00812. The molecule has 3 heterocycles. The quantitative estimate of drug-likeness (QED) is 0.563. The lowest BCUT2D eigenvalue weighted by molar-refractivity contribution is -0.173. The molecule has 4 rings (SSSR count). The molecule has 9 nitrogen and oxygen atoms in total. The van der Waals surface area contributed by atoms with E-state index in [4.69, 9.17) is 9.47 Å². The zero-order valence-corrected chi connectivity index (χ0v) is 19.1. The first-order valence-corrected chi connectivity index (χ1v) is 10.5. The number of nitrogens with zero attached hydrogens (tertiary/aromatic N) is 4. The highest BCUT2D eigenvalue weighted by Crippen LogP contribution is 2.45. The van der Waals surface area contributed by atoms with Crippen molar-refractivity contribution in [1.29, 1.82) is 0 Å². The van der Waals surface area contributed by atoms with Crippen molar-refractivity contribution in [2.75, 3.05) is 19.5 Å². The number of rotatable bonds is 6. The van der Waals surface area contributed by atoms with Crippen molar-refractivity contribution in [3.8, 4) is 11.5 Å². The van der Waals surface area contributed by atoms with E-state index in [0.717, 1.165) is 22.1 Å². The summed E-state index contributed by atoms with van der Waals surface area (Å²) in [6.45, 7) is 2.05. The molecule has 1 aromatic carbocycles. The second kappa shape index (κ2) is 8.92. The Hall–Kier alpha value is -3.70. The van der Waals surface area contributed by atoms with Crippen molar-refractivity contribution in [3.63, 3.8) is 0 Å². The van der Waals surface area contributed by atoms with Gasteiger partial charge in [-0.15, -0.1) is 0 Å². The molecular weight excluding hydrogens is 453 g/mol. The van der Waals surface area contributed by atoms with E-state index in [1.807, 2.05) is 6.92 Å². The summed E-state index contributed by atoms with van der Waals surface area (Å²) >= 11 is 0. The summed E-state index contributed by atoms with van der Waals surface area (Å²) in [5, 5.41) is 13.8. The van der Waals surface area contributed by atoms with Crippen LogP contribution >= 0.6 is 0 Å². The van der Waals surface area contributed by atoms with Gasteiger partial charge in [0.1, 0.15) is 11.4 Å². The third-order valence-corrected chi connectivity index (χ3v) is 6.07. The van der Waals surface area contributed by atoms with Gasteiger partial charge in [-0.2, -0.15) is 23.4 Å². The van der Waals surface area contributed by atoms with Crippen molar-refractivity contribution in [2.24, 2.45) is 7.05 Å². The van der Waals surface area contributed by atoms with Gasteiger partial charge in [0, 0.05) is 31.3 Å². The fraction of sp³-hybridized carbons (Fsp3) is 0.409. The number of methoxy groups -OCH3 is 2. The number of ether oxygens (including phenoxy) is 2. The molecule has 2 aromatic heterocycles. The predicted octanol–water partition coefficient (Wildman–Crippen LogP) is 3.53. The Morgan fingerprint density at radius 2 is 1.94 bits per heavy atom. The highest BCUT2D eigenvalue weighted by Gasteiger charge is 2.47. The molecule has 34 heavy (non-hydrogen) atoms. The maximum atomic E-state index is 14.0. The summed E-state index contributed by atoms with van der Waals surface area (Å²) in [5.41, 5.74) is 2.28. The third-order valence-electron chi connectivity index (χ3n) is 6.07. The number of hydrogen-bond acceptors (Lipinski definition) is 6. The van der Waals surface area contributed by atoms with Gasteiger partial charge in [0.15, 0.2) is 17.5 Å². The Balaban J connectivity index is 1.64. The van der Waals surface area contributed by atoms with Crippen LogP contribution in [-0.2, 0) is 13.6 Å². The number of aryl methyl sites for hydroxylation is 1. The number of fused-ring (bicyclic) bond motifs is 1. The smallest absolute Gasteiger partial charge is 0.410 e. The first kappa shape index (κ1) is 23.5. The lowest BCUT2D eigenvalue weighted by atomic mass is 9.96. The molecule has 182 valence electrons. The van der Waals surface area contributed by atoms with Crippen LogP contribution in [0.25, 0.3) is 0 Å². The number of anilines is 1. The van der Waals surface area contributed by atoms with E-state index in [2.05, 4.69) is 20.8 Å². The van der Waals surface area contributed by atoms with Gasteiger partial charge in [0.25, 0.3) is 5.91 Å². The number of aromatic nitrogens is 4. The first-order valence-electron chi connectivity index (χ1n) is 10.5. The van der Waals surface area contributed by atoms with Crippen LogP contribution in [0.2, 0.25) is 0 Å². The van der Waals surface area contributed by atoms with Crippen LogP contribution in [-0.4, -0.2) is 45.9 Å². The van der Waals surface area contributed by atoms with Gasteiger partial charge in [-0.3, -0.25) is 9.48 Å². The lowest BCUT2D eigenvalue weighted by Gasteiger charge is -2.34. The molecule has 0 saturated carbocycles. The molecule has 12 heteroatoms. The van der Waals surface area contributed by atoms with E-state index in [0.29, 0.717) is 17.1 Å². The maximum absolute atomic E-state index is 14.0. The fourth-order valence-electron chi connectivity index (χ4n) is 4.01. The SMILES string of the molecule is COc1ccc([C@H]2C[C@H](C(F)(F)F)n3ncc(C(=O)NCc4cnn(C)c4C)c3N2)cc1OC. The zero-order valence-electron chi connectivity index (χ0n) is 19.1. The number of hydrogen-bond donors (Lipinski definition) is 2. The Labute approximate surface area is 193 Å². The highest BCUT2D eigenvalue weighted by molar-refractivity contribution is 5.98. The molecule has 0 radical (unpaired) electrons. The van der Waals surface area contributed by atoms with Gasteiger partial charge in [0.05, 0.1) is 32.7 Å². The lowest BCUT2D eigenvalue weighted by Crippen LogP contribution is -2.36. The molecule has 0 fully saturated rings. The molecule has 3 aromatic rings. The maximum Gasteiger partial charge on any atom is 0.410 e. The third kappa shape index (κ3) is 4.27. The summed E-state index contributed by atoms with van der Waals surface area (Å²) in [5.74, 6) is 0.333. The van der Waals surface area contributed by atoms with E-state index < -0.39 is 24.2 Å². The second-order valence-electron chi connectivity index (χ2n) is 8.02. The van der Waals surface area contributed by atoms with Gasteiger partial charge < -0.3 is 20.1 Å². The number of halogens is 3. The van der Waals surface area contributed by atoms with Gasteiger partial charge in [0.2, 0.25) is 0 Å². The second-order valence-corrected chi connectivity index (χ2v) is 8.02. The van der Waals surface area contributed by atoms with Crippen LogP contribution in [0.1, 0.15) is 45.7 Å². The van der Waals surface area contributed by atoms with Crippen molar-refractivity contribution in [3.05, 3.63) is 53.0 Å². The van der Waals surface area contributed by atoms with Gasteiger partial charge >= 0.3 is 6.18 Å². The largest absolute Gasteiger partial charge is 0.493 e. The number of benzene rings is 1. The van der Waals surface area contributed by atoms with Crippen LogP contribution in [0.15, 0.2) is 30.6 Å². The van der Waals surface area contributed by atoms with Crippen LogP contribution in [0, 0.1) is 6.92 Å². The highest BCUT2D eigenvalue weighted by atomic mass is 19.4. The van der Waals surface area contributed by atoms with Crippen LogP contribution in [0.3, 0.4) is 0 Å². The molecule has 1 amide bonds. The Morgan fingerprint density at radius 1 is 1.21 bits per heavy atom. The van der Waals surface area contributed by atoms with Gasteiger partial charge in [-0.1, -0.05) is 6.07 Å². The molecule has 2 atom stereocenters. The van der Waals surface area contributed by atoms with Gasteiger partial charge in [-0.25, -0.2) is 4.68 Å². The molecule has 0 aliphatic carbocycles. The topological polar surface area (TPSA) is 95.2 Å². The molecule has 0 unspecified atom stereocenters. The van der Waals surface area contributed by atoms with Crippen LogP contribution in [0.4, 0.5) is 19.0 Å². The van der Waals surface area contributed by atoms with E-state index in [-0.39, 0.29) is 24.3 Å². The number of carbonyl (C=O) groups is 1. The summed E-state index contributed by atoms with van der Waals surface area (Å²) in [7, 11) is 4.72. The first-order chi connectivity index (χ1) is 16.1. The summed E-state index contributed by atoms with van der Waals surface area (Å²) < 4.78 is 54.9. The number of amides is 1. The normalized spacial score (nSPS) is 17.6. The van der Waals surface area contributed by atoms with E-state index in [9.17, 15) is 18.0 Å². The number of nitrogens with one attached hydrogen (secondary N) is 2. The van der Waals surface area contributed by atoms with E-state index >= 15 is 0 Å². The molecule has 0 spiro atoms. The Kier molecular flexibility index (Phi) is 6.15. The molecule has 1 aliphatic rings. The molecule has 0 saturated heterocycles. The van der Waals surface area contributed by atoms with Crippen molar-refractivity contribution in [2.45, 2.75) is 38.1 Å². The van der Waals surface area contributed by atoms with Crippen LogP contribution < -0.4 is 20.1 Å². The van der Waals surface area contributed by atoms with E-state index in [1.54, 1.807) is 36.1 Å². The monoisotopic (exact) mass is 478 g/mol. The molecular formula is C22H25F3N6O3. The van der Waals surface area contributed by atoms with Crippen molar-refractivity contribution < 1.29 is 27.4 Å². The molecule has 0 bridgehead atoms. The Morgan fingerprint density at radius 3 is 2.56 bits per heavy atom. The average Bonchev–Trinajstić information content (AvgIpc) is 3.38. The van der Waals surface area contributed by atoms with Crippen molar-refractivity contribution in [1.82, 2.24) is 24.9 Å².